The predicted octanol–water partition coefficient (Wildman–Crippen LogP) is 3.67. The molecule has 0 spiro atoms. The van der Waals surface area contributed by atoms with Gasteiger partial charge in [-0.05, 0) is 36.6 Å². The Morgan fingerprint density at radius 2 is 2.00 bits per heavy atom. The molecule has 0 bridgehead atoms. The summed E-state index contributed by atoms with van der Waals surface area (Å²) in [6.45, 7) is 3.57. The standard InChI is InChI=1S/C12H15Br2N/c13-7-11-5-6-15(9-11)8-10-1-3-12(14)4-2-10/h1-4,11H,5-9H2. The normalized spacial score (nSPS) is 22.1. The lowest BCUT2D eigenvalue weighted by molar-refractivity contribution is 0.321. The topological polar surface area (TPSA) is 3.24 Å². The Kier molecular flexibility index (Phi) is 4.23. The zero-order chi connectivity index (χ0) is 10.7. The van der Waals surface area contributed by atoms with Crippen LogP contribution in [0.1, 0.15) is 12.0 Å². The maximum absolute atomic E-state index is 3.57. The van der Waals surface area contributed by atoms with Crippen molar-refractivity contribution in [3.05, 3.63) is 34.3 Å². The van der Waals surface area contributed by atoms with Crippen LogP contribution in [0.3, 0.4) is 0 Å². The van der Waals surface area contributed by atoms with Gasteiger partial charge in [-0.25, -0.2) is 0 Å². The number of hydrogen-bond acceptors (Lipinski definition) is 1. The van der Waals surface area contributed by atoms with Gasteiger partial charge >= 0.3 is 0 Å². The van der Waals surface area contributed by atoms with Gasteiger partial charge in [-0.15, -0.1) is 0 Å². The highest BCUT2D eigenvalue weighted by molar-refractivity contribution is 9.10. The quantitative estimate of drug-likeness (QED) is 0.763. The van der Waals surface area contributed by atoms with Crippen molar-refractivity contribution in [2.75, 3.05) is 18.4 Å². The Bertz CT molecular complexity index is 310. The van der Waals surface area contributed by atoms with E-state index < -0.39 is 0 Å². The number of likely N-dealkylation sites (tertiary alicyclic amines) is 1. The van der Waals surface area contributed by atoms with E-state index in [1.54, 1.807) is 0 Å². The first-order valence-electron chi connectivity index (χ1n) is 5.30. The summed E-state index contributed by atoms with van der Waals surface area (Å²) in [7, 11) is 0. The fourth-order valence-electron chi connectivity index (χ4n) is 2.03. The molecule has 0 aliphatic carbocycles. The van der Waals surface area contributed by atoms with Crippen molar-refractivity contribution in [3.63, 3.8) is 0 Å². The average molecular weight is 333 g/mol. The molecule has 1 heterocycles. The van der Waals surface area contributed by atoms with E-state index in [2.05, 4.69) is 61.0 Å². The minimum atomic E-state index is 0.848. The summed E-state index contributed by atoms with van der Waals surface area (Å²) in [4.78, 5) is 2.54. The average Bonchev–Trinajstić information content (AvgIpc) is 2.69. The maximum Gasteiger partial charge on any atom is 0.0233 e. The fourth-order valence-corrected chi connectivity index (χ4v) is 2.82. The third-order valence-corrected chi connectivity index (χ3v) is 4.35. The molecular formula is C12H15Br2N. The van der Waals surface area contributed by atoms with Gasteiger partial charge in [0.25, 0.3) is 0 Å². The molecule has 0 saturated carbocycles. The lowest BCUT2D eigenvalue weighted by Crippen LogP contribution is -2.20. The summed E-state index contributed by atoms with van der Waals surface area (Å²) in [6, 6.07) is 8.64. The molecule has 3 heteroatoms. The Morgan fingerprint density at radius 3 is 2.60 bits per heavy atom. The van der Waals surface area contributed by atoms with Gasteiger partial charge < -0.3 is 0 Å². The largest absolute Gasteiger partial charge is 0.299 e. The van der Waals surface area contributed by atoms with Crippen molar-refractivity contribution in [2.45, 2.75) is 13.0 Å². The van der Waals surface area contributed by atoms with Gasteiger partial charge in [-0.2, -0.15) is 0 Å². The van der Waals surface area contributed by atoms with E-state index in [-0.39, 0.29) is 0 Å². The SMILES string of the molecule is BrCC1CCN(Cc2ccc(Br)cc2)C1. The number of alkyl halides is 1. The van der Waals surface area contributed by atoms with E-state index in [4.69, 9.17) is 0 Å². The van der Waals surface area contributed by atoms with Crippen LogP contribution in [-0.2, 0) is 6.54 Å². The van der Waals surface area contributed by atoms with Gasteiger partial charge in [0.15, 0.2) is 0 Å². The van der Waals surface area contributed by atoms with Gasteiger partial charge in [0.2, 0.25) is 0 Å². The van der Waals surface area contributed by atoms with Crippen LogP contribution < -0.4 is 0 Å². The molecule has 1 aliphatic heterocycles. The molecule has 0 N–H and O–H groups in total. The molecule has 15 heavy (non-hydrogen) atoms. The third-order valence-electron chi connectivity index (χ3n) is 2.91. The second-order valence-electron chi connectivity index (χ2n) is 4.17. The fraction of sp³-hybridized carbons (Fsp3) is 0.500. The minimum Gasteiger partial charge on any atom is -0.299 e. The Morgan fingerprint density at radius 1 is 1.27 bits per heavy atom. The molecule has 2 rings (SSSR count). The Hall–Kier alpha value is 0.140. The molecule has 1 nitrogen and oxygen atoms in total. The molecule has 0 aromatic heterocycles. The van der Waals surface area contributed by atoms with Gasteiger partial charge in [-0.1, -0.05) is 44.0 Å². The number of benzene rings is 1. The van der Waals surface area contributed by atoms with Crippen LogP contribution in [0, 0.1) is 5.92 Å². The highest BCUT2D eigenvalue weighted by Gasteiger charge is 2.20. The number of nitrogens with zero attached hydrogens (tertiary/aromatic N) is 1. The molecule has 1 fully saturated rings. The van der Waals surface area contributed by atoms with Crippen molar-refractivity contribution in [3.8, 4) is 0 Å². The van der Waals surface area contributed by atoms with Gasteiger partial charge in [0.1, 0.15) is 0 Å². The summed E-state index contributed by atoms with van der Waals surface area (Å²) in [5, 5.41) is 1.14. The smallest absolute Gasteiger partial charge is 0.0233 e. The Labute approximate surface area is 108 Å². The second-order valence-corrected chi connectivity index (χ2v) is 5.73. The summed E-state index contributed by atoms with van der Waals surface area (Å²) in [5.74, 6) is 0.848. The first-order valence-corrected chi connectivity index (χ1v) is 7.22. The van der Waals surface area contributed by atoms with Crippen LogP contribution >= 0.6 is 31.9 Å². The number of rotatable bonds is 3. The highest BCUT2D eigenvalue weighted by Crippen LogP contribution is 2.20. The lowest BCUT2D eigenvalue weighted by Gasteiger charge is -2.15. The summed E-state index contributed by atoms with van der Waals surface area (Å²) in [6.07, 6.45) is 1.34. The van der Waals surface area contributed by atoms with Crippen molar-refractivity contribution < 1.29 is 0 Å². The van der Waals surface area contributed by atoms with Crippen LogP contribution in [-0.4, -0.2) is 23.3 Å². The first kappa shape index (κ1) is 11.6. The molecule has 1 atom stereocenters. The number of hydrogen-bond donors (Lipinski definition) is 0. The summed E-state index contributed by atoms with van der Waals surface area (Å²) < 4.78 is 1.16. The lowest BCUT2D eigenvalue weighted by atomic mass is 10.2. The second kappa shape index (κ2) is 5.46. The van der Waals surface area contributed by atoms with Crippen LogP contribution in [0.4, 0.5) is 0 Å². The molecule has 1 aromatic rings. The van der Waals surface area contributed by atoms with Crippen molar-refractivity contribution in [2.24, 2.45) is 5.92 Å². The van der Waals surface area contributed by atoms with Crippen molar-refractivity contribution >= 4 is 31.9 Å². The zero-order valence-electron chi connectivity index (χ0n) is 8.63. The molecule has 1 unspecified atom stereocenters. The third kappa shape index (κ3) is 3.30. The van der Waals surface area contributed by atoms with E-state index in [1.165, 1.54) is 25.1 Å². The zero-order valence-corrected chi connectivity index (χ0v) is 11.8. The van der Waals surface area contributed by atoms with E-state index >= 15 is 0 Å². The number of halogens is 2. The van der Waals surface area contributed by atoms with Crippen molar-refractivity contribution in [1.29, 1.82) is 0 Å². The molecule has 0 radical (unpaired) electrons. The maximum atomic E-state index is 3.57. The van der Waals surface area contributed by atoms with Gasteiger partial charge in [0.05, 0.1) is 0 Å². The first-order chi connectivity index (χ1) is 7.28. The minimum absolute atomic E-state index is 0.848. The molecule has 1 aliphatic rings. The van der Waals surface area contributed by atoms with E-state index in [1.807, 2.05) is 0 Å². The van der Waals surface area contributed by atoms with E-state index in [9.17, 15) is 0 Å². The summed E-state index contributed by atoms with van der Waals surface area (Å²) >= 11 is 7.02. The molecule has 82 valence electrons. The van der Waals surface area contributed by atoms with Crippen LogP contribution in [0.15, 0.2) is 28.7 Å². The molecule has 1 saturated heterocycles. The van der Waals surface area contributed by atoms with Gasteiger partial charge in [-0.3, -0.25) is 4.90 Å². The monoisotopic (exact) mass is 331 g/mol. The molecule has 0 amide bonds. The van der Waals surface area contributed by atoms with Crippen LogP contribution in [0.2, 0.25) is 0 Å². The summed E-state index contributed by atoms with van der Waals surface area (Å²) in [5.41, 5.74) is 1.41. The molecule has 1 aromatic carbocycles. The highest BCUT2D eigenvalue weighted by atomic mass is 79.9. The van der Waals surface area contributed by atoms with E-state index in [0.29, 0.717) is 0 Å². The van der Waals surface area contributed by atoms with Crippen LogP contribution in [0.25, 0.3) is 0 Å². The van der Waals surface area contributed by atoms with E-state index in [0.717, 1.165) is 22.3 Å². The molecular weight excluding hydrogens is 318 g/mol. The van der Waals surface area contributed by atoms with Gasteiger partial charge in [0, 0.05) is 22.9 Å². The van der Waals surface area contributed by atoms with Crippen LogP contribution in [0.5, 0.6) is 0 Å². The predicted molar refractivity (Wildman–Crippen MR) is 71.3 cm³/mol. The Balaban J connectivity index is 1.90. The van der Waals surface area contributed by atoms with Crippen molar-refractivity contribution in [1.82, 2.24) is 4.90 Å².